The minimum absolute atomic E-state index is 0.819. The normalized spacial score (nSPS) is 28.9. The highest BCUT2D eigenvalue weighted by atomic mass is 14.9. The number of nitrogens with two attached hydrogens (primary N) is 1. The summed E-state index contributed by atoms with van der Waals surface area (Å²) in [6, 6.07) is 0. The summed E-state index contributed by atoms with van der Waals surface area (Å²) in [5, 5.41) is 4.23. The van der Waals surface area contributed by atoms with Crippen LogP contribution in [0.4, 0.5) is 0 Å². The van der Waals surface area contributed by atoms with Crippen LogP contribution < -0.4 is 11.1 Å². The molecule has 0 aliphatic carbocycles. The molecule has 2 N–H and O–H groups in total. The molecule has 2 heteroatoms. The van der Waals surface area contributed by atoms with Crippen LogP contribution in [-0.4, -0.2) is 19.6 Å². The van der Waals surface area contributed by atoms with Crippen LogP contribution in [0.2, 0.25) is 0 Å². The average molecular weight is 113 g/mol. The van der Waals surface area contributed by atoms with Crippen molar-refractivity contribution in [2.45, 2.75) is 12.8 Å². The molecule has 1 radical (unpaired) electrons. The molecule has 47 valence electrons. The molecule has 1 fully saturated rings. The summed E-state index contributed by atoms with van der Waals surface area (Å²) >= 11 is 0. The fourth-order valence-electron chi connectivity index (χ4n) is 1.11. The maximum Gasteiger partial charge on any atom is 0.0162 e. The van der Waals surface area contributed by atoms with Crippen molar-refractivity contribution >= 4 is 0 Å². The molecular formula is C6H13N2. The summed E-state index contributed by atoms with van der Waals surface area (Å²) in [6.07, 6.45) is 2.45. The second-order valence-electron chi connectivity index (χ2n) is 2.36. The Bertz CT molecular complexity index is 57.5. The van der Waals surface area contributed by atoms with Crippen LogP contribution in [0.1, 0.15) is 12.8 Å². The van der Waals surface area contributed by atoms with Gasteiger partial charge in [0.05, 0.1) is 0 Å². The highest BCUT2D eigenvalue weighted by Gasteiger charge is 2.13. The van der Waals surface area contributed by atoms with Crippen LogP contribution in [0, 0.1) is 5.92 Å². The lowest BCUT2D eigenvalue weighted by Crippen LogP contribution is -2.09. The van der Waals surface area contributed by atoms with Crippen LogP contribution in [-0.2, 0) is 0 Å². The highest BCUT2D eigenvalue weighted by Crippen LogP contribution is 2.11. The molecule has 1 aliphatic rings. The van der Waals surface area contributed by atoms with E-state index in [2.05, 4.69) is 5.32 Å². The zero-order chi connectivity index (χ0) is 5.82. The molecule has 0 aromatic rings. The predicted octanol–water partition coefficient (Wildman–Crippen LogP) is -0.0405. The van der Waals surface area contributed by atoms with E-state index >= 15 is 0 Å². The minimum atomic E-state index is 0.819. The van der Waals surface area contributed by atoms with Crippen molar-refractivity contribution < 1.29 is 0 Å². The summed E-state index contributed by atoms with van der Waals surface area (Å²) < 4.78 is 0. The molecule has 0 aromatic heterocycles. The third kappa shape index (κ3) is 1.46. The molecule has 0 amide bonds. The van der Waals surface area contributed by atoms with E-state index in [1.165, 1.54) is 12.8 Å². The Morgan fingerprint density at radius 1 is 1.62 bits per heavy atom. The second kappa shape index (κ2) is 3.05. The Morgan fingerprint density at radius 2 is 2.50 bits per heavy atom. The van der Waals surface area contributed by atoms with Crippen molar-refractivity contribution in [3.8, 4) is 0 Å². The number of nitrogens with zero attached hydrogens (tertiary/aromatic N) is 1. The van der Waals surface area contributed by atoms with Gasteiger partial charge < -0.3 is 5.73 Å². The van der Waals surface area contributed by atoms with E-state index in [9.17, 15) is 0 Å². The van der Waals surface area contributed by atoms with Crippen molar-refractivity contribution in [3.05, 3.63) is 0 Å². The van der Waals surface area contributed by atoms with Gasteiger partial charge in [-0.2, -0.15) is 0 Å². The Balaban J connectivity index is 2.06. The van der Waals surface area contributed by atoms with E-state index in [4.69, 9.17) is 5.73 Å². The minimum Gasteiger partial charge on any atom is -0.330 e. The zero-order valence-corrected chi connectivity index (χ0v) is 5.14. The molecule has 0 aromatic carbocycles. The highest BCUT2D eigenvalue weighted by molar-refractivity contribution is 4.70. The summed E-state index contributed by atoms with van der Waals surface area (Å²) in [5.41, 5.74) is 5.37. The van der Waals surface area contributed by atoms with Gasteiger partial charge in [-0.25, -0.2) is 5.32 Å². The first-order chi connectivity index (χ1) is 3.93. The number of hydrogen-bond donors (Lipinski definition) is 1. The molecule has 1 heterocycles. The van der Waals surface area contributed by atoms with Gasteiger partial charge in [0.25, 0.3) is 0 Å². The van der Waals surface area contributed by atoms with Gasteiger partial charge in [0, 0.05) is 13.1 Å². The molecule has 1 saturated heterocycles. The van der Waals surface area contributed by atoms with Gasteiger partial charge in [-0.1, -0.05) is 0 Å². The summed E-state index contributed by atoms with van der Waals surface area (Å²) in [4.78, 5) is 0. The molecule has 1 aliphatic heterocycles. The maximum absolute atomic E-state index is 5.37. The van der Waals surface area contributed by atoms with Crippen molar-refractivity contribution in [3.63, 3.8) is 0 Å². The predicted molar refractivity (Wildman–Crippen MR) is 33.6 cm³/mol. The molecule has 2 nitrogen and oxygen atoms in total. The van der Waals surface area contributed by atoms with Crippen LogP contribution in [0.3, 0.4) is 0 Å². The van der Waals surface area contributed by atoms with E-state index < -0.39 is 0 Å². The topological polar surface area (TPSA) is 40.1 Å². The van der Waals surface area contributed by atoms with Crippen molar-refractivity contribution in [2.24, 2.45) is 11.7 Å². The van der Waals surface area contributed by atoms with Crippen LogP contribution >= 0.6 is 0 Å². The largest absolute Gasteiger partial charge is 0.330 e. The molecule has 8 heavy (non-hydrogen) atoms. The zero-order valence-electron chi connectivity index (χ0n) is 5.14. The SMILES string of the molecule is NCCC1CC[N]C1. The van der Waals surface area contributed by atoms with Crippen molar-refractivity contribution in [1.82, 2.24) is 5.32 Å². The van der Waals surface area contributed by atoms with Crippen LogP contribution in [0.5, 0.6) is 0 Å². The summed E-state index contributed by atoms with van der Waals surface area (Å²) in [6.45, 7) is 2.97. The molecule has 0 bridgehead atoms. The Hall–Kier alpha value is -0.0800. The first-order valence-corrected chi connectivity index (χ1v) is 3.27. The Morgan fingerprint density at radius 3 is 3.00 bits per heavy atom. The lowest BCUT2D eigenvalue weighted by molar-refractivity contribution is 0.540. The van der Waals surface area contributed by atoms with E-state index in [1.807, 2.05) is 0 Å². The lowest BCUT2D eigenvalue weighted by Gasteiger charge is -2.01. The van der Waals surface area contributed by atoms with Gasteiger partial charge in [0.1, 0.15) is 0 Å². The average Bonchev–Trinajstić information content (AvgIpc) is 2.19. The lowest BCUT2D eigenvalue weighted by atomic mass is 10.1. The van der Waals surface area contributed by atoms with Gasteiger partial charge in [0.15, 0.2) is 0 Å². The first kappa shape index (κ1) is 6.05. The van der Waals surface area contributed by atoms with E-state index in [0.717, 1.165) is 25.6 Å². The molecule has 0 saturated carbocycles. The molecule has 0 spiro atoms. The van der Waals surface area contributed by atoms with Gasteiger partial charge >= 0.3 is 0 Å². The standard InChI is InChI=1S/C6H13N2/c7-3-1-6-2-4-8-5-6/h6H,1-5,7H2. The number of rotatable bonds is 2. The smallest absolute Gasteiger partial charge is 0.0162 e. The van der Waals surface area contributed by atoms with Crippen LogP contribution in [0.15, 0.2) is 0 Å². The van der Waals surface area contributed by atoms with Gasteiger partial charge in [0.2, 0.25) is 0 Å². The quantitative estimate of drug-likeness (QED) is 0.536. The fourth-order valence-corrected chi connectivity index (χ4v) is 1.11. The van der Waals surface area contributed by atoms with Gasteiger partial charge in [-0.15, -0.1) is 0 Å². The number of hydrogen-bond acceptors (Lipinski definition) is 1. The fraction of sp³-hybridized carbons (Fsp3) is 1.00. The molecule has 1 atom stereocenters. The molecule has 1 unspecified atom stereocenters. The Kier molecular flexibility index (Phi) is 2.30. The van der Waals surface area contributed by atoms with E-state index in [-0.39, 0.29) is 0 Å². The molecular weight excluding hydrogens is 100 g/mol. The van der Waals surface area contributed by atoms with E-state index in [1.54, 1.807) is 0 Å². The third-order valence-electron chi connectivity index (χ3n) is 1.66. The summed E-state index contributed by atoms with van der Waals surface area (Å²) in [5.74, 6) is 0.819. The van der Waals surface area contributed by atoms with Gasteiger partial charge in [-0.05, 0) is 25.3 Å². The Labute approximate surface area is 50.4 Å². The summed E-state index contributed by atoms with van der Waals surface area (Å²) in [7, 11) is 0. The second-order valence-corrected chi connectivity index (χ2v) is 2.36. The molecule has 1 rings (SSSR count). The van der Waals surface area contributed by atoms with Gasteiger partial charge in [-0.3, -0.25) is 0 Å². The maximum atomic E-state index is 5.37. The first-order valence-electron chi connectivity index (χ1n) is 3.27. The van der Waals surface area contributed by atoms with Crippen molar-refractivity contribution in [2.75, 3.05) is 19.6 Å². The monoisotopic (exact) mass is 113 g/mol. The van der Waals surface area contributed by atoms with E-state index in [0.29, 0.717) is 0 Å². The van der Waals surface area contributed by atoms with Crippen LogP contribution in [0.25, 0.3) is 0 Å². The third-order valence-corrected chi connectivity index (χ3v) is 1.66. The van der Waals surface area contributed by atoms with Crippen molar-refractivity contribution in [1.29, 1.82) is 0 Å².